The number of hydrogen-bond donors (Lipinski definition) is 1. The highest BCUT2D eigenvalue weighted by atomic mass is 19.1. The third-order valence-corrected chi connectivity index (χ3v) is 2.20. The number of aromatic nitrogens is 2. The van der Waals surface area contributed by atoms with Crippen LogP contribution in [0.25, 0.3) is 11.1 Å². The summed E-state index contributed by atoms with van der Waals surface area (Å²) in [6, 6.07) is 6.44. The Hall–Kier alpha value is -2.17. The Morgan fingerprint density at radius 1 is 1.44 bits per heavy atom. The van der Waals surface area contributed by atoms with Crippen molar-refractivity contribution in [3.63, 3.8) is 0 Å². The van der Waals surface area contributed by atoms with E-state index in [2.05, 4.69) is 5.10 Å². The van der Waals surface area contributed by atoms with E-state index in [0.717, 1.165) is 4.68 Å². The molecule has 0 aliphatic heterocycles. The number of hydrogen-bond acceptors (Lipinski definition) is 2. The van der Waals surface area contributed by atoms with Gasteiger partial charge in [-0.05, 0) is 17.7 Å². The van der Waals surface area contributed by atoms with Crippen molar-refractivity contribution in [1.29, 1.82) is 0 Å². The van der Waals surface area contributed by atoms with Gasteiger partial charge in [-0.1, -0.05) is 12.1 Å². The number of carbonyl (C=O) groups is 1. The highest BCUT2D eigenvalue weighted by molar-refractivity contribution is 5.89. The molecule has 0 aliphatic rings. The second-order valence-corrected chi connectivity index (χ2v) is 3.27. The van der Waals surface area contributed by atoms with Gasteiger partial charge in [0.25, 0.3) is 0 Å². The zero-order valence-electron chi connectivity index (χ0n) is 8.30. The summed E-state index contributed by atoms with van der Waals surface area (Å²) >= 11 is 0. The zero-order valence-corrected chi connectivity index (χ0v) is 8.30. The maximum atomic E-state index is 12.3. The van der Waals surface area contributed by atoms with Crippen molar-refractivity contribution >= 4 is 5.97 Å². The molecule has 0 spiro atoms. The first kappa shape index (κ1) is 10.4. The molecule has 0 unspecified atom stereocenters. The minimum atomic E-state index is -0.986. The smallest absolute Gasteiger partial charge is 0.335 e. The average Bonchev–Trinajstić information content (AvgIpc) is 2.77. The minimum Gasteiger partial charge on any atom is -0.478 e. The number of carboxylic acid groups (broad SMARTS) is 1. The molecule has 4 nitrogen and oxygen atoms in total. The van der Waals surface area contributed by atoms with Crippen LogP contribution in [0, 0.1) is 0 Å². The van der Waals surface area contributed by atoms with Crippen molar-refractivity contribution in [2.45, 2.75) is 6.80 Å². The minimum absolute atomic E-state index is 0.200. The van der Waals surface area contributed by atoms with Crippen LogP contribution in [0.15, 0.2) is 36.7 Å². The summed E-state index contributed by atoms with van der Waals surface area (Å²) in [7, 11) is 0. The van der Waals surface area contributed by atoms with Crippen molar-refractivity contribution in [3.8, 4) is 11.1 Å². The molecule has 5 heteroatoms. The molecule has 0 saturated carbocycles. The Kier molecular flexibility index (Phi) is 2.68. The molecule has 0 atom stereocenters. The van der Waals surface area contributed by atoms with Gasteiger partial charge in [-0.15, -0.1) is 0 Å². The van der Waals surface area contributed by atoms with Crippen LogP contribution in [0.5, 0.6) is 0 Å². The van der Waals surface area contributed by atoms with Crippen molar-refractivity contribution in [2.75, 3.05) is 0 Å². The lowest BCUT2D eigenvalue weighted by atomic mass is 10.1. The van der Waals surface area contributed by atoms with Crippen molar-refractivity contribution in [1.82, 2.24) is 9.78 Å². The molecular formula is C11H9FN2O2. The predicted octanol–water partition coefficient (Wildman–Crippen LogP) is 2.18. The molecule has 0 aliphatic carbocycles. The molecule has 82 valence electrons. The van der Waals surface area contributed by atoms with E-state index in [1.165, 1.54) is 24.5 Å². The molecule has 0 bridgehead atoms. The lowest BCUT2D eigenvalue weighted by molar-refractivity contribution is 0.0697. The third kappa shape index (κ3) is 1.93. The van der Waals surface area contributed by atoms with Gasteiger partial charge in [-0.2, -0.15) is 5.10 Å². The number of rotatable bonds is 3. The monoisotopic (exact) mass is 220 g/mol. The molecule has 0 amide bonds. The van der Waals surface area contributed by atoms with E-state index >= 15 is 0 Å². The fraction of sp³-hybridized carbons (Fsp3) is 0.0909. The Morgan fingerprint density at radius 2 is 2.25 bits per heavy atom. The van der Waals surface area contributed by atoms with Gasteiger partial charge in [0.2, 0.25) is 0 Å². The standard InChI is InChI=1S/C11H9FN2O2/c12-7-14-6-10(5-13-14)8-2-1-3-9(4-8)11(15)16/h1-6H,7H2,(H,15,16). The summed E-state index contributed by atoms with van der Waals surface area (Å²) in [6.45, 7) is -0.696. The molecule has 1 heterocycles. The number of aromatic carboxylic acids is 1. The zero-order chi connectivity index (χ0) is 11.5. The molecule has 1 N–H and O–H groups in total. The van der Waals surface area contributed by atoms with Gasteiger partial charge in [-0.3, -0.25) is 0 Å². The first-order chi connectivity index (χ1) is 7.70. The second-order valence-electron chi connectivity index (χ2n) is 3.27. The van der Waals surface area contributed by atoms with E-state index < -0.39 is 12.8 Å². The largest absolute Gasteiger partial charge is 0.478 e. The van der Waals surface area contributed by atoms with Gasteiger partial charge < -0.3 is 5.11 Å². The predicted molar refractivity (Wildman–Crippen MR) is 55.7 cm³/mol. The molecule has 0 radical (unpaired) electrons. The first-order valence-electron chi connectivity index (χ1n) is 4.63. The fourth-order valence-electron chi connectivity index (χ4n) is 1.41. The molecule has 0 saturated heterocycles. The number of halogens is 1. The average molecular weight is 220 g/mol. The normalized spacial score (nSPS) is 10.3. The van der Waals surface area contributed by atoms with E-state index in [9.17, 15) is 9.18 Å². The van der Waals surface area contributed by atoms with Crippen LogP contribution in [-0.4, -0.2) is 20.9 Å². The number of alkyl halides is 1. The third-order valence-electron chi connectivity index (χ3n) is 2.20. The SMILES string of the molecule is O=C(O)c1cccc(-c2cnn(CF)c2)c1. The van der Waals surface area contributed by atoms with Gasteiger partial charge in [0, 0.05) is 11.8 Å². The Labute approximate surface area is 90.9 Å². The van der Waals surface area contributed by atoms with Crippen LogP contribution >= 0.6 is 0 Å². The van der Waals surface area contributed by atoms with Gasteiger partial charge in [0.05, 0.1) is 11.8 Å². The van der Waals surface area contributed by atoms with Crippen LogP contribution in [0.1, 0.15) is 10.4 Å². The van der Waals surface area contributed by atoms with Crippen LogP contribution < -0.4 is 0 Å². The maximum Gasteiger partial charge on any atom is 0.335 e. The summed E-state index contributed by atoms with van der Waals surface area (Å²) in [6.07, 6.45) is 3.03. The van der Waals surface area contributed by atoms with E-state index in [0.29, 0.717) is 11.1 Å². The van der Waals surface area contributed by atoms with Crippen molar-refractivity contribution in [2.24, 2.45) is 0 Å². The van der Waals surface area contributed by atoms with E-state index in [1.54, 1.807) is 12.1 Å². The molecule has 1 aromatic carbocycles. The molecule has 0 fully saturated rings. The van der Waals surface area contributed by atoms with Crippen LogP contribution in [0.3, 0.4) is 0 Å². The van der Waals surface area contributed by atoms with Gasteiger partial charge in [0.15, 0.2) is 6.80 Å². The highest BCUT2D eigenvalue weighted by Gasteiger charge is 2.06. The first-order valence-corrected chi connectivity index (χ1v) is 4.63. The van der Waals surface area contributed by atoms with Crippen LogP contribution in [0.2, 0.25) is 0 Å². The topological polar surface area (TPSA) is 55.1 Å². The van der Waals surface area contributed by atoms with Crippen molar-refractivity contribution in [3.05, 3.63) is 42.2 Å². The van der Waals surface area contributed by atoms with Gasteiger partial charge in [0.1, 0.15) is 0 Å². The maximum absolute atomic E-state index is 12.3. The molecule has 2 aromatic rings. The molecular weight excluding hydrogens is 211 g/mol. The Bertz CT molecular complexity index is 522. The van der Waals surface area contributed by atoms with E-state index in [4.69, 9.17) is 5.11 Å². The highest BCUT2D eigenvalue weighted by Crippen LogP contribution is 2.19. The van der Waals surface area contributed by atoms with Crippen molar-refractivity contribution < 1.29 is 14.3 Å². The number of nitrogens with zero attached hydrogens (tertiary/aromatic N) is 2. The quantitative estimate of drug-likeness (QED) is 0.862. The van der Waals surface area contributed by atoms with E-state index in [-0.39, 0.29) is 5.56 Å². The lowest BCUT2D eigenvalue weighted by Gasteiger charge is -1.98. The summed E-state index contributed by atoms with van der Waals surface area (Å²) in [4.78, 5) is 10.8. The van der Waals surface area contributed by atoms with Gasteiger partial charge >= 0.3 is 5.97 Å². The molecule has 1 aromatic heterocycles. The second kappa shape index (κ2) is 4.14. The van der Waals surface area contributed by atoms with Gasteiger partial charge in [-0.25, -0.2) is 13.9 Å². The lowest BCUT2D eigenvalue weighted by Crippen LogP contribution is -1.95. The van der Waals surface area contributed by atoms with E-state index in [1.807, 2.05) is 0 Å². The summed E-state index contributed by atoms with van der Waals surface area (Å²) in [5.41, 5.74) is 1.60. The summed E-state index contributed by atoms with van der Waals surface area (Å²) in [5.74, 6) is -0.986. The fourth-order valence-corrected chi connectivity index (χ4v) is 1.41. The molecule has 16 heavy (non-hydrogen) atoms. The Balaban J connectivity index is 2.40. The number of benzene rings is 1. The van der Waals surface area contributed by atoms with Crippen LogP contribution in [-0.2, 0) is 6.80 Å². The summed E-state index contributed by atoms with van der Waals surface area (Å²) in [5, 5.41) is 12.6. The summed E-state index contributed by atoms with van der Waals surface area (Å²) < 4.78 is 13.4. The Morgan fingerprint density at radius 3 is 2.88 bits per heavy atom. The number of carboxylic acids is 1. The van der Waals surface area contributed by atoms with Crippen LogP contribution in [0.4, 0.5) is 4.39 Å². The molecule has 2 rings (SSSR count).